The molecule has 5 nitrogen and oxygen atoms in total. The molecular formula is C19H28F2N2O3. The van der Waals surface area contributed by atoms with Crippen LogP contribution >= 0.6 is 0 Å². The summed E-state index contributed by atoms with van der Waals surface area (Å²) in [6.07, 6.45) is 0.0609. The highest BCUT2D eigenvalue weighted by molar-refractivity contribution is 5.68. The zero-order valence-corrected chi connectivity index (χ0v) is 15.8. The maximum Gasteiger partial charge on any atom is 0.407 e. The van der Waals surface area contributed by atoms with Crippen LogP contribution in [0.15, 0.2) is 30.9 Å². The number of carbonyl (C=O) groups is 1. The Hall–Kier alpha value is -1.99. The third kappa shape index (κ3) is 8.40. The molecule has 0 aliphatic heterocycles. The molecule has 26 heavy (non-hydrogen) atoms. The maximum atomic E-state index is 13.4. The van der Waals surface area contributed by atoms with Gasteiger partial charge >= 0.3 is 6.09 Å². The van der Waals surface area contributed by atoms with Gasteiger partial charge in [0.15, 0.2) is 0 Å². The lowest BCUT2D eigenvalue weighted by atomic mass is 10.0. The standard InChI is InChI=1S/C19H28F2N2O3/c1-6-7-23(5)12-17(24)16(22-18(25)26-19(2,3)4)10-13-8-14(20)11-15(21)9-13/h6,8-9,11,16-17,24H,1,7,10,12H2,2-5H3,(H,22,25)/t16-,17+/m0/s1. The minimum absolute atomic E-state index is 0.0526. The van der Waals surface area contributed by atoms with Crippen LogP contribution in [0.3, 0.4) is 0 Å². The highest BCUT2D eigenvalue weighted by atomic mass is 19.1. The van der Waals surface area contributed by atoms with Crippen molar-refractivity contribution >= 4 is 6.09 Å². The number of likely N-dealkylation sites (N-methyl/N-ethyl adjacent to an activating group) is 1. The summed E-state index contributed by atoms with van der Waals surface area (Å²) in [7, 11) is 1.79. The van der Waals surface area contributed by atoms with E-state index in [-0.39, 0.29) is 13.0 Å². The van der Waals surface area contributed by atoms with E-state index in [1.54, 1.807) is 33.9 Å². The molecule has 0 bridgehead atoms. The molecule has 2 N–H and O–H groups in total. The van der Waals surface area contributed by atoms with Crippen molar-refractivity contribution in [3.63, 3.8) is 0 Å². The second-order valence-corrected chi connectivity index (χ2v) is 7.31. The summed E-state index contributed by atoms with van der Waals surface area (Å²) in [5.74, 6) is -1.43. The topological polar surface area (TPSA) is 61.8 Å². The van der Waals surface area contributed by atoms with Gasteiger partial charge in [0.2, 0.25) is 0 Å². The molecular weight excluding hydrogens is 342 g/mol. The second-order valence-electron chi connectivity index (χ2n) is 7.31. The van der Waals surface area contributed by atoms with E-state index < -0.39 is 35.5 Å². The number of hydrogen-bond acceptors (Lipinski definition) is 4. The third-order valence-corrected chi connectivity index (χ3v) is 3.48. The Morgan fingerprint density at radius 2 is 1.92 bits per heavy atom. The number of rotatable bonds is 8. The zero-order valence-electron chi connectivity index (χ0n) is 15.8. The van der Waals surface area contributed by atoms with Gasteiger partial charge in [-0.25, -0.2) is 13.6 Å². The number of halogens is 2. The van der Waals surface area contributed by atoms with Crippen molar-refractivity contribution in [3.05, 3.63) is 48.1 Å². The fourth-order valence-electron chi connectivity index (χ4n) is 2.47. The Bertz CT molecular complexity index is 597. The molecule has 146 valence electrons. The number of alkyl carbamates (subject to hydrolysis) is 1. The quantitative estimate of drug-likeness (QED) is 0.691. The molecule has 0 saturated carbocycles. The van der Waals surface area contributed by atoms with Crippen molar-refractivity contribution in [2.45, 2.75) is 44.9 Å². The van der Waals surface area contributed by atoms with Crippen LogP contribution in [-0.4, -0.2) is 54.0 Å². The number of carbonyl (C=O) groups excluding carboxylic acids is 1. The lowest BCUT2D eigenvalue weighted by Crippen LogP contribution is -2.50. The number of benzene rings is 1. The number of aliphatic hydroxyl groups excluding tert-OH is 1. The molecule has 0 aliphatic carbocycles. The van der Waals surface area contributed by atoms with Gasteiger partial charge in [0.05, 0.1) is 12.1 Å². The molecule has 1 amide bonds. The maximum absolute atomic E-state index is 13.4. The monoisotopic (exact) mass is 370 g/mol. The van der Waals surface area contributed by atoms with Crippen molar-refractivity contribution in [3.8, 4) is 0 Å². The highest BCUT2D eigenvalue weighted by Gasteiger charge is 2.26. The number of hydrogen-bond donors (Lipinski definition) is 2. The first-order valence-electron chi connectivity index (χ1n) is 8.42. The summed E-state index contributed by atoms with van der Waals surface area (Å²) in [4.78, 5) is 13.9. The van der Waals surface area contributed by atoms with Gasteiger partial charge in [-0.05, 0) is 51.9 Å². The molecule has 0 aliphatic rings. The predicted octanol–water partition coefficient (Wildman–Crippen LogP) is 2.88. The first-order chi connectivity index (χ1) is 12.0. The summed E-state index contributed by atoms with van der Waals surface area (Å²) in [5.41, 5.74) is -0.376. The van der Waals surface area contributed by atoms with Gasteiger partial charge in [-0.3, -0.25) is 0 Å². The average molecular weight is 370 g/mol. The second kappa shape index (κ2) is 9.64. The van der Waals surface area contributed by atoms with Crippen LogP contribution in [0.4, 0.5) is 13.6 Å². The van der Waals surface area contributed by atoms with E-state index in [2.05, 4.69) is 11.9 Å². The Morgan fingerprint density at radius 3 is 2.42 bits per heavy atom. The van der Waals surface area contributed by atoms with Crippen molar-refractivity contribution < 1.29 is 23.4 Å². The third-order valence-electron chi connectivity index (χ3n) is 3.48. The molecule has 1 aromatic rings. The number of amides is 1. The molecule has 0 aromatic heterocycles. The summed E-state index contributed by atoms with van der Waals surface area (Å²) in [6.45, 7) is 9.58. The van der Waals surface area contributed by atoms with Crippen LogP contribution in [0.1, 0.15) is 26.3 Å². The Labute approximate surface area is 153 Å². The smallest absolute Gasteiger partial charge is 0.407 e. The van der Waals surface area contributed by atoms with Crippen molar-refractivity contribution in [2.75, 3.05) is 20.1 Å². The van der Waals surface area contributed by atoms with Crippen LogP contribution < -0.4 is 5.32 Å². The van der Waals surface area contributed by atoms with E-state index >= 15 is 0 Å². The van der Waals surface area contributed by atoms with Crippen LogP contribution in [0.25, 0.3) is 0 Å². The van der Waals surface area contributed by atoms with E-state index in [4.69, 9.17) is 4.74 Å². The Kier molecular flexibility index (Phi) is 8.17. The van der Waals surface area contributed by atoms with E-state index in [0.717, 1.165) is 6.07 Å². The summed E-state index contributed by atoms with van der Waals surface area (Å²) >= 11 is 0. The normalized spacial score (nSPS) is 14.0. The molecule has 2 atom stereocenters. The molecule has 0 radical (unpaired) electrons. The van der Waals surface area contributed by atoms with Crippen LogP contribution in [-0.2, 0) is 11.2 Å². The number of nitrogens with one attached hydrogen (secondary N) is 1. The van der Waals surface area contributed by atoms with Crippen molar-refractivity contribution in [1.82, 2.24) is 10.2 Å². The van der Waals surface area contributed by atoms with Gasteiger partial charge in [0.25, 0.3) is 0 Å². The van der Waals surface area contributed by atoms with Crippen molar-refractivity contribution in [1.29, 1.82) is 0 Å². The fraction of sp³-hybridized carbons (Fsp3) is 0.526. The highest BCUT2D eigenvalue weighted by Crippen LogP contribution is 2.14. The van der Waals surface area contributed by atoms with E-state index in [1.165, 1.54) is 12.1 Å². The van der Waals surface area contributed by atoms with Gasteiger partial charge in [0, 0.05) is 19.2 Å². The lowest BCUT2D eigenvalue weighted by molar-refractivity contribution is 0.0386. The minimum atomic E-state index is -0.973. The first-order valence-corrected chi connectivity index (χ1v) is 8.42. The average Bonchev–Trinajstić information content (AvgIpc) is 2.43. The number of aliphatic hydroxyl groups is 1. The molecule has 7 heteroatoms. The minimum Gasteiger partial charge on any atom is -0.444 e. The van der Waals surface area contributed by atoms with Crippen LogP contribution in [0.5, 0.6) is 0 Å². The van der Waals surface area contributed by atoms with E-state index in [1.807, 2.05) is 4.90 Å². The predicted molar refractivity (Wildman–Crippen MR) is 96.9 cm³/mol. The van der Waals surface area contributed by atoms with E-state index in [0.29, 0.717) is 12.1 Å². The Balaban J connectivity index is 2.92. The fourth-order valence-corrected chi connectivity index (χ4v) is 2.47. The first kappa shape index (κ1) is 22.1. The van der Waals surface area contributed by atoms with Crippen LogP contribution in [0, 0.1) is 11.6 Å². The van der Waals surface area contributed by atoms with Gasteiger partial charge in [-0.2, -0.15) is 0 Å². The van der Waals surface area contributed by atoms with Crippen molar-refractivity contribution in [2.24, 2.45) is 0 Å². The molecule has 0 heterocycles. The van der Waals surface area contributed by atoms with Gasteiger partial charge in [-0.15, -0.1) is 6.58 Å². The summed E-state index contributed by atoms with van der Waals surface area (Å²) in [5, 5.41) is 13.1. The van der Waals surface area contributed by atoms with Crippen LogP contribution in [0.2, 0.25) is 0 Å². The summed E-state index contributed by atoms with van der Waals surface area (Å²) < 4.78 is 32.1. The molecule has 0 saturated heterocycles. The molecule has 0 unspecified atom stereocenters. The Morgan fingerprint density at radius 1 is 1.35 bits per heavy atom. The molecule has 0 fully saturated rings. The van der Waals surface area contributed by atoms with Gasteiger partial charge < -0.3 is 20.1 Å². The SMILES string of the molecule is C=CCN(C)C[C@@H](O)[C@H](Cc1cc(F)cc(F)c1)NC(=O)OC(C)(C)C. The molecule has 0 spiro atoms. The molecule has 1 rings (SSSR count). The number of nitrogens with zero attached hydrogens (tertiary/aromatic N) is 1. The molecule has 1 aromatic carbocycles. The lowest BCUT2D eigenvalue weighted by Gasteiger charge is -2.29. The largest absolute Gasteiger partial charge is 0.444 e. The number of ether oxygens (including phenoxy) is 1. The van der Waals surface area contributed by atoms with E-state index in [9.17, 15) is 18.7 Å². The zero-order chi connectivity index (χ0) is 19.9. The van der Waals surface area contributed by atoms with Gasteiger partial charge in [-0.1, -0.05) is 6.08 Å². The summed E-state index contributed by atoms with van der Waals surface area (Å²) in [6, 6.07) is 2.34. The van der Waals surface area contributed by atoms with Gasteiger partial charge in [0.1, 0.15) is 17.2 Å².